The maximum Gasteiger partial charge on any atom is 0.318 e. The first-order chi connectivity index (χ1) is 5.50. The van der Waals surface area contributed by atoms with Gasteiger partial charge in [-0.05, 0) is 30.9 Å². The Morgan fingerprint density at radius 1 is 1.75 bits per heavy atom. The fraction of sp³-hybridized carbons (Fsp3) is 0.625. The second-order valence-corrected chi connectivity index (χ2v) is 3.92. The number of carbonyl (C=O) groups is 1. The minimum atomic E-state index is -0.347. The Kier molecular flexibility index (Phi) is 2.69. The van der Waals surface area contributed by atoms with E-state index in [1.165, 1.54) is 0 Å². The van der Waals surface area contributed by atoms with Crippen LogP contribution in [0.2, 0.25) is 0 Å². The van der Waals surface area contributed by atoms with Crippen molar-refractivity contribution in [2.24, 2.45) is 11.3 Å². The molecule has 0 aromatic carbocycles. The highest BCUT2D eigenvalue weighted by Crippen LogP contribution is 2.52. The van der Waals surface area contributed by atoms with Crippen molar-refractivity contribution in [1.82, 2.24) is 0 Å². The molecular formula is C8H10Cl2O2. The van der Waals surface area contributed by atoms with Crippen LogP contribution < -0.4 is 0 Å². The van der Waals surface area contributed by atoms with Gasteiger partial charge in [-0.2, -0.15) is 0 Å². The Hall–Kier alpha value is -0.210. The van der Waals surface area contributed by atoms with Gasteiger partial charge >= 0.3 is 5.97 Å². The van der Waals surface area contributed by atoms with E-state index in [-0.39, 0.29) is 16.6 Å². The Balaban J connectivity index is 2.51. The van der Waals surface area contributed by atoms with E-state index in [1.54, 1.807) is 0 Å². The van der Waals surface area contributed by atoms with Crippen LogP contribution in [0.1, 0.15) is 20.3 Å². The molecule has 1 saturated carbocycles. The largest absolute Gasteiger partial charge is 0.413 e. The number of hydrogen-bond donors (Lipinski definition) is 0. The van der Waals surface area contributed by atoms with Gasteiger partial charge in [0.25, 0.3) is 0 Å². The monoisotopic (exact) mass is 208 g/mol. The molecule has 1 aliphatic carbocycles. The lowest BCUT2D eigenvalue weighted by atomic mass is 10.1. The summed E-state index contributed by atoms with van der Waals surface area (Å²) in [7, 11) is 0. The summed E-state index contributed by atoms with van der Waals surface area (Å²) in [6.45, 7) is 3.86. The molecule has 2 atom stereocenters. The van der Waals surface area contributed by atoms with Gasteiger partial charge in [-0.25, -0.2) is 0 Å². The van der Waals surface area contributed by atoms with Crippen molar-refractivity contribution in [3.63, 3.8) is 0 Å². The molecule has 2 unspecified atom stereocenters. The molecule has 0 aromatic rings. The van der Waals surface area contributed by atoms with E-state index < -0.39 is 0 Å². The molecule has 2 nitrogen and oxygen atoms in total. The smallest absolute Gasteiger partial charge is 0.318 e. The topological polar surface area (TPSA) is 26.3 Å². The molecule has 0 spiro atoms. The first-order valence-electron chi connectivity index (χ1n) is 3.69. The molecule has 1 fully saturated rings. The highest BCUT2D eigenvalue weighted by molar-refractivity contribution is 6.35. The molecule has 68 valence electrons. The molecule has 1 aliphatic rings. The van der Waals surface area contributed by atoms with Crippen LogP contribution in [0.4, 0.5) is 0 Å². The van der Waals surface area contributed by atoms with Crippen molar-refractivity contribution in [3.8, 4) is 0 Å². The summed E-state index contributed by atoms with van der Waals surface area (Å²) >= 11 is 10.7. The van der Waals surface area contributed by atoms with E-state index in [9.17, 15) is 4.79 Å². The molecule has 0 N–H and O–H groups in total. The molecule has 0 heterocycles. The van der Waals surface area contributed by atoms with Gasteiger partial charge in [0, 0.05) is 0 Å². The van der Waals surface area contributed by atoms with Gasteiger partial charge in [-0.1, -0.05) is 18.5 Å². The van der Waals surface area contributed by atoms with Crippen molar-refractivity contribution in [2.75, 3.05) is 0 Å². The van der Waals surface area contributed by atoms with Crippen LogP contribution in [0.15, 0.2) is 10.8 Å². The third-order valence-corrected chi connectivity index (χ3v) is 2.90. The van der Waals surface area contributed by atoms with E-state index in [2.05, 4.69) is 0 Å². The standard InChI is InChI=1S/C8H10Cl2O2/c1-5-3-8(5,2)7(11)12-6(10)4-9/h4-5H,3H2,1-2H3. The van der Waals surface area contributed by atoms with Gasteiger partial charge in [0.2, 0.25) is 5.22 Å². The van der Waals surface area contributed by atoms with Crippen LogP contribution in [0.25, 0.3) is 0 Å². The fourth-order valence-electron chi connectivity index (χ4n) is 1.09. The summed E-state index contributed by atoms with van der Waals surface area (Å²) in [5.41, 5.74) is 0.690. The molecule has 0 aromatic heterocycles. The summed E-state index contributed by atoms with van der Waals surface area (Å²) in [5, 5.41) is -0.0676. The zero-order valence-corrected chi connectivity index (χ0v) is 8.45. The summed E-state index contributed by atoms with van der Waals surface area (Å²) in [4.78, 5) is 11.3. The van der Waals surface area contributed by atoms with E-state index in [0.29, 0.717) is 5.92 Å². The Labute approximate surface area is 81.5 Å². The predicted molar refractivity (Wildman–Crippen MR) is 47.8 cm³/mol. The molecule has 0 aliphatic heterocycles. The second kappa shape index (κ2) is 3.27. The lowest BCUT2D eigenvalue weighted by molar-refractivity contribution is -0.144. The van der Waals surface area contributed by atoms with Crippen molar-refractivity contribution < 1.29 is 9.53 Å². The van der Waals surface area contributed by atoms with E-state index in [4.69, 9.17) is 27.9 Å². The normalized spacial score (nSPS) is 34.7. The second-order valence-electron chi connectivity index (χ2n) is 3.33. The Bertz CT molecular complexity index is 237. The number of esters is 1. The maximum absolute atomic E-state index is 11.3. The molecule has 0 saturated heterocycles. The molecule has 0 bridgehead atoms. The zero-order valence-electron chi connectivity index (χ0n) is 6.93. The van der Waals surface area contributed by atoms with E-state index in [1.807, 2.05) is 13.8 Å². The molecular weight excluding hydrogens is 199 g/mol. The quantitative estimate of drug-likeness (QED) is 0.516. The maximum atomic E-state index is 11.3. The van der Waals surface area contributed by atoms with Crippen molar-refractivity contribution in [2.45, 2.75) is 20.3 Å². The molecule has 1 rings (SSSR count). The third kappa shape index (κ3) is 1.75. The van der Waals surface area contributed by atoms with Crippen molar-refractivity contribution >= 4 is 29.2 Å². The molecule has 4 heteroatoms. The van der Waals surface area contributed by atoms with Crippen LogP contribution in [-0.4, -0.2) is 5.97 Å². The van der Waals surface area contributed by atoms with Crippen LogP contribution in [-0.2, 0) is 9.53 Å². The van der Waals surface area contributed by atoms with Crippen molar-refractivity contribution in [3.05, 3.63) is 10.8 Å². The van der Waals surface area contributed by atoms with Crippen LogP contribution in [0.5, 0.6) is 0 Å². The van der Waals surface area contributed by atoms with E-state index >= 15 is 0 Å². The van der Waals surface area contributed by atoms with Gasteiger partial charge < -0.3 is 4.74 Å². The van der Waals surface area contributed by atoms with Gasteiger partial charge in [0.05, 0.1) is 11.0 Å². The Morgan fingerprint density at radius 3 is 2.58 bits per heavy atom. The van der Waals surface area contributed by atoms with Crippen LogP contribution >= 0.6 is 23.2 Å². The Morgan fingerprint density at radius 2 is 2.25 bits per heavy atom. The van der Waals surface area contributed by atoms with Gasteiger partial charge in [-0.15, -0.1) is 0 Å². The lowest BCUT2D eigenvalue weighted by Gasteiger charge is -2.07. The van der Waals surface area contributed by atoms with Gasteiger partial charge in [0.1, 0.15) is 0 Å². The van der Waals surface area contributed by atoms with Gasteiger partial charge in [0.15, 0.2) is 0 Å². The first-order valence-corrected chi connectivity index (χ1v) is 4.50. The van der Waals surface area contributed by atoms with Crippen molar-refractivity contribution in [1.29, 1.82) is 0 Å². The molecule has 12 heavy (non-hydrogen) atoms. The summed E-state index contributed by atoms with van der Waals surface area (Å²) in [6, 6.07) is 0. The summed E-state index contributed by atoms with van der Waals surface area (Å²) in [6.07, 6.45) is 0.859. The predicted octanol–water partition coefficient (Wildman–Crippen LogP) is 2.85. The number of rotatable bonds is 2. The highest BCUT2D eigenvalue weighted by Gasteiger charge is 2.54. The number of hydrogen-bond acceptors (Lipinski definition) is 2. The lowest BCUT2D eigenvalue weighted by Crippen LogP contribution is -2.16. The highest BCUT2D eigenvalue weighted by atomic mass is 35.5. The average Bonchev–Trinajstić information content (AvgIpc) is 2.61. The molecule has 0 amide bonds. The van der Waals surface area contributed by atoms with Gasteiger partial charge in [-0.3, -0.25) is 4.79 Å². The zero-order chi connectivity index (χ0) is 9.35. The average molecular weight is 209 g/mol. The number of carbonyl (C=O) groups excluding carboxylic acids is 1. The fourth-order valence-corrected chi connectivity index (χ4v) is 1.20. The first kappa shape index (κ1) is 9.87. The number of halogens is 2. The van der Waals surface area contributed by atoms with Crippen LogP contribution in [0.3, 0.4) is 0 Å². The van der Waals surface area contributed by atoms with Crippen LogP contribution in [0, 0.1) is 11.3 Å². The summed E-state index contributed by atoms with van der Waals surface area (Å²) < 4.78 is 4.75. The number of ether oxygens (including phenoxy) is 1. The third-order valence-electron chi connectivity index (χ3n) is 2.40. The SMILES string of the molecule is CC1CC1(C)C(=O)OC(Cl)=CCl. The minimum absolute atomic E-state index is 0.0676. The summed E-state index contributed by atoms with van der Waals surface area (Å²) in [5.74, 6) is 0.0849. The molecule has 0 radical (unpaired) electrons. The minimum Gasteiger partial charge on any atom is -0.413 e. The van der Waals surface area contributed by atoms with E-state index in [0.717, 1.165) is 12.0 Å².